The van der Waals surface area contributed by atoms with E-state index in [1.165, 1.54) is 0 Å². The molecule has 3 N–H and O–H groups in total. The lowest BCUT2D eigenvalue weighted by molar-refractivity contribution is -0.121. The number of carbonyl (C=O) groups is 2. The van der Waals surface area contributed by atoms with Crippen molar-refractivity contribution in [2.75, 3.05) is 25.0 Å². The average Bonchev–Trinajstić information content (AvgIpc) is 2.99. The van der Waals surface area contributed by atoms with Gasteiger partial charge in [0.05, 0.1) is 6.10 Å². The highest BCUT2D eigenvalue weighted by atomic mass is 16.5. The van der Waals surface area contributed by atoms with Crippen molar-refractivity contribution in [1.29, 1.82) is 0 Å². The summed E-state index contributed by atoms with van der Waals surface area (Å²) in [5.74, 6) is -0.0782. The lowest BCUT2D eigenvalue weighted by Gasteiger charge is -2.11. The van der Waals surface area contributed by atoms with Crippen LogP contribution in [0.2, 0.25) is 0 Å². The van der Waals surface area contributed by atoms with Crippen molar-refractivity contribution in [2.45, 2.75) is 25.4 Å². The van der Waals surface area contributed by atoms with Crippen LogP contribution in [0.25, 0.3) is 0 Å². The maximum absolute atomic E-state index is 11.6. The minimum absolute atomic E-state index is 0.0782. The van der Waals surface area contributed by atoms with E-state index in [-0.39, 0.29) is 24.5 Å². The standard InChI is InChI=1S/C15H21N3O3/c19-14(17-11-13-7-4-10-21-13)8-9-16-15(20)18-12-5-2-1-3-6-12/h1-3,5-6,13H,4,7-11H2,(H,17,19)(H2,16,18,20)/t13-/m0/s1. The van der Waals surface area contributed by atoms with Crippen LogP contribution < -0.4 is 16.0 Å². The molecule has 0 aliphatic carbocycles. The van der Waals surface area contributed by atoms with Crippen LogP contribution in [-0.4, -0.2) is 37.7 Å². The third-order valence-corrected chi connectivity index (χ3v) is 3.22. The van der Waals surface area contributed by atoms with Gasteiger partial charge in [-0.1, -0.05) is 18.2 Å². The van der Waals surface area contributed by atoms with Crippen molar-refractivity contribution in [3.63, 3.8) is 0 Å². The van der Waals surface area contributed by atoms with Gasteiger partial charge in [0.15, 0.2) is 0 Å². The van der Waals surface area contributed by atoms with Gasteiger partial charge in [-0.25, -0.2) is 4.79 Å². The number of carbonyl (C=O) groups excluding carboxylic acids is 2. The number of anilines is 1. The van der Waals surface area contributed by atoms with E-state index in [0.29, 0.717) is 13.1 Å². The third-order valence-electron chi connectivity index (χ3n) is 3.22. The number of hydrogen-bond donors (Lipinski definition) is 3. The molecule has 0 saturated carbocycles. The van der Waals surface area contributed by atoms with E-state index < -0.39 is 0 Å². The molecule has 21 heavy (non-hydrogen) atoms. The van der Waals surface area contributed by atoms with Gasteiger partial charge in [0.2, 0.25) is 5.91 Å². The molecule has 1 fully saturated rings. The van der Waals surface area contributed by atoms with E-state index in [1.807, 2.05) is 18.2 Å². The fourth-order valence-electron chi connectivity index (χ4n) is 2.11. The molecule has 6 heteroatoms. The van der Waals surface area contributed by atoms with E-state index in [4.69, 9.17) is 4.74 Å². The molecule has 3 amide bonds. The van der Waals surface area contributed by atoms with Crippen molar-refractivity contribution >= 4 is 17.6 Å². The van der Waals surface area contributed by atoms with E-state index in [9.17, 15) is 9.59 Å². The normalized spacial score (nSPS) is 17.2. The summed E-state index contributed by atoms with van der Waals surface area (Å²) in [5, 5.41) is 8.15. The lowest BCUT2D eigenvalue weighted by atomic mass is 10.2. The molecule has 0 unspecified atom stereocenters. The number of para-hydroxylation sites is 1. The Hall–Kier alpha value is -2.08. The Bertz CT molecular complexity index is 458. The van der Waals surface area contributed by atoms with Gasteiger partial charge in [0.1, 0.15) is 0 Å². The second-order valence-electron chi connectivity index (χ2n) is 4.94. The largest absolute Gasteiger partial charge is 0.376 e. The second-order valence-corrected chi connectivity index (χ2v) is 4.94. The van der Waals surface area contributed by atoms with Crippen LogP contribution in [0.4, 0.5) is 10.5 Å². The molecule has 1 aliphatic heterocycles. The van der Waals surface area contributed by atoms with Gasteiger partial charge in [-0.3, -0.25) is 4.79 Å². The first-order chi connectivity index (χ1) is 10.2. The summed E-state index contributed by atoms with van der Waals surface area (Å²) < 4.78 is 5.42. The Morgan fingerprint density at radius 2 is 2.00 bits per heavy atom. The Morgan fingerprint density at radius 3 is 2.71 bits per heavy atom. The van der Waals surface area contributed by atoms with Crippen molar-refractivity contribution in [3.8, 4) is 0 Å². The van der Waals surface area contributed by atoms with Gasteiger partial charge in [-0.15, -0.1) is 0 Å². The molecule has 1 aromatic rings. The lowest BCUT2D eigenvalue weighted by Crippen LogP contribution is -2.36. The van der Waals surface area contributed by atoms with E-state index in [2.05, 4.69) is 16.0 Å². The maximum Gasteiger partial charge on any atom is 0.319 e. The topological polar surface area (TPSA) is 79.5 Å². The molecule has 0 spiro atoms. The Kier molecular flexibility index (Phi) is 6.02. The molecule has 1 heterocycles. The van der Waals surface area contributed by atoms with Crippen molar-refractivity contribution in [3.05, 3.63) is 30.3 Å². The average molecular weight is 291 g/mol. The van der Waals surface area contributed by atoms with Crippen LogP contribution in [0, 0.1) is 0 Å². The van der Waals surface area contributed by atoms with Crippen LogP contribution in [0.1, 0.15) is 19.3 Å². The molecule has 1 aliphatic rings. The molecule has 0 aromatic heterocycles. The minimum atomic E-state index is -0.312. The van der Waals surface area contributed by atoms with Gasteiger partial charge in [0.25, 0.3) is 0 Å². The van der Waals surface area contributed by atoms with E-state index >= 15 is 0 Å². The molecular weight excluding hydrogens is 270 g/mol. The molecule has 1 saturated heterocycles. The molecule has 114 valence electrons. The number of amides is 3. The predicted octanol–water partition coefficient (Wildman–Crippen LogP) is 1.49. The van der Waals surface area contributed by atoms with Crippen molar-refractivity contribution in [2.24, 2.45) is 0 Å². The summed E-state index contributed by atoms with van der Waals surface area (Å²) in [5.41, 5.74) is 0.720. The fraction of sp³-hybridized carbons (Fsp3) is 0.467. The summed E-state index contributed by atoms with van der Waals surface area (Å²) in [6.07, 6.45) is 2.46. The zero-order valence-electron chi connectivity index (χ0n) is 11.9. The van der Waals surface area contributed by atoms with Crippen LogP contribution in [0.3, 0.4) is 0 Å². The first-order valence-corrected chi connectivity index (χ1v) is 7.22. The Morgan fingerprint density at radius 1 is 1.19 bits per heavy atom. The van der Waals surface area contributed by atoms with Crippen LogP contribution in [0.15, 0.2) is 30.3 Å². The molecule has 1 aromatic carbocycles. The SMILES string of the molecule is O=C(CCNC(=O)Nc1ccccc1)NC[C@@H]1CCCO1. The van der Waals surface area contributed by atoms with Gasteiger partial charge >= 0.3 is 6.03 Å². The molecule has 0 radical (unpaired) electrons. The predicted molar refractivity (Wildman–Crippen MR) is 80.1 cm³/mol. The summed E-state index contributed by atoms with van der Waals surface area (Å²) in [6.45, 7) is 1.63. The van der Waals surface area contributed by atoms with E-state index in [0.717, 1.165) is 25.1 Å². The zero-order valence-corrected chi connectivity index (χ0v) is 11.9. The number of hydrogen-bond acceptors (Lipinski definition) is 3. The molecule has 6 nitrogen and oxygen atoms in total. The molecule has 2 rings (SSSR count). The van der Waals surface area contributed by atoms with Crippen LogP contribution >= 0.6 is 0 Å². The zero-order chi connectivity index (χ0) is 14.9. The summed E-state index contributed by atoms with van der Waals surface area (Å²) >= 11 is 0. The summed E-state index contributed by atoms with van der Waals surface area (Å²) in [6, 6.07) is 8.85. The Labute approximate surface area is 124 Å². The highest BCUT2D eigenvalue weighted by Crippen LogP contribution is 2.10. The van der Waals surface area contributed by atoms with Gasteiger partial charge < -0.3 is 20.7 Å². The number of rotatable bonds is 6. The van der Waals surface area contributed by atoms with Crippen LogP contribution in [-0.2, 0) is 9.53 Å². The summed E-state index contributed by atoms with van der Waals surface area (Å²) in [7, 11) is 0. The highest BCUT2D eigenvalue weighted by molar-refractivity contribution is 5.89. The first-order valence-electron chi connectivity index (χ1n) is 7.22. The van der Waals surface area contributed by atoms with E-state index in [1.54, 1.807) is 12.1 Å². The van der Waals surface area contributed by atoms with Crippen LogP contribution in [0.5, 0.6) is 0 Å². The summed E-state index contributed by atoms with van der Waals surface area (Å²) in [4.78, 5) is 23.2. The van der Waals surface area contributed by atoms with Gasteiger partial charge in [0, 0.05) is 31.8 Å². The second kappa shape index (κ2) is 8.26. The van der Waals surface area contributed by atoms with Crippen molar-refractivity contribution in [1.82, 2.24) is 10.6 Å². The smallest absolute Gasteiger partial charge is 0.319 e. The van der Waals surface area contributed by atoms with Gasteiger partial charge in [-0.2, -0.15) is 0 Å². The number of urea groups is 1. The molecule has 1 atom stereocenters. The molecular formula is C15H21N3O3. The van der Waals surface area contributed by atoms with Gasteiger partial charge in [-0.05, 0) is 25.0 Å². The number of benzene rings is 1. The molecule has 0 bridgehead atoms. The Balaban J connectivity index is 1.55. The highest BCUT2D eigenvalue weighted by Gasteiger charge is 2.15. The maximum atomic E-state index is 11.6. The fourth-order valence-corrected chi connectivity index (χ4v) is 2.11. The minimum Gasteiger partial charge on any atom is -0.376 e. The quantitative estimate of drug-likeness (QED) is 0.743. The first kappa shape index (κ1) is 15.3. The number of ether oxygens (including phenoxy) is 1. The third kappa shape index (κ3) is 5.83. The number of nitrogens with one attached hydrogen (secondary N) is 3. The van der Waals surface area contributed by atoms with Crippen molar-refractivity contribution < 1.29 is 14.3 Å². The monoisotopic (exact) mass is 291 g/mol.